The van der Waals surface area contributed by atoms with E-state index in [1.165, 1.54) is 25.2 Å². The molecule has 0 radical (unpaired) electrons. The lowest BCUT2D eigenvalue weighted by molar-refractivity contribution is -0.147. The molecule has 0 aromatic heterocycles. The van der Waals surface area contributed by atoms with Crippen LogP contribution in [0, 0.1) is 0 Å². The largest absolute Gasteiger partial charge is 0.497 e. The van der Waals surface area contributed by atoms with Gasteiger partial charge >= 0.3 is 5.97 Å². The molecular formula is C14H17NO6. The quantitative estimate of drug-likeness (QED) is 0.877. The highest BCUT2D eigenvalue weighted by Crippen LogP contribution is 2.26. The minimum Gasteiger partial charge on any atom is -0.497 e. The molecule has 7 nitrogen and oxygen atoms in total. The van der Waals surface area contributed by atoms with E-state index in [9.17, 15) is 14.7 Å². The van der Waals surface area contributed by atoms with Crippen LogP contribution in [-0.2, 0) is 9.53 Å². The summed E-state index contributed by atoms with van der Waals surface area (Å²) in [7, 11) is 2.94. The Kier molecular flexibility index (Phi) is 4.64. The number of benzene rings is 1. The second-order valence-corrected chi connectivity index (χ2v) is 4.49. The molecule has 1 heterocycles. The number of nitrogens with zero attached hydrogens (tertiary/aromatic N) is 1. The molecule has 1 fully saturated rings. The molecule has 1 aliphatic heterocycles. The zero-order valence-corrected chi connectivity index (χ0v) is 11.9. The monoisotopic (exact) mass is 295 g/mol. The van der Waals surface area contributed by atoms with Gasteiger partial charge in [0.1, 0.15) is 11.5 Å². The number of amides is 1. The molecular weight excluding hydrogens is 278 g/mol. The highest BCUT2D eigenvalue weighted by atomic mass is 16.5. The average molecular weight is 295 g/mol. The Hall–Kier alpha value is -2.28. The molecule has 21 heavy (non-hydrogen) atoms. The van der Waals surface area contributed by atoms with Gasteiger partial charge in [-0.25, -0.2) is 4.79 Å². The fourth-order valence-electron chi connectivity index (χ4n) is 2.19. The van der Waals surface area contributed by atoms with E-state index in [2.05, 4.69) is 0 Å². The zero-order valence-electron chi connectivity index (χ0n) is 11.9. The van der Waals surface area contributed by atoms with E-state index in [4.69, 9.17) is 14.2 Å². The molecule has 7 heteroatoms. The van der Waals surface area contributed by atoms with E-state index in [0.29, 0.717) is 18.1 Å². The zero-order chi connectivity index (χ0) is 15.4. The number of carbonyl (C=O) groups is 2. The highest BCUT2D eigenvalue weighted by molar-refractivity contribution is 5.99. The Morgan fingerprint density at radius 3 is 2.71 bits per heavy atom. The van der Waals surface area contributed by atoms with Crippen molar-refractivity contribution in [2.75, 3.05) is 34.0 Å². The summed E-state index contributed by atoms with van der Waals surface area (Å²) in [6.07, 6.45) is 0. The van der Waals surface area contributed by atoms with Crippen molar-refractivity contribution in [3.8, 4) is 11.5 Å². The maximum absolute atomic E-state index is 12.6. The van der Waals surface area contributed by atoms with Crippen LogP contribution in [-0.4, -0.2) is 61.9 Å². The summed E-state index contributed by atoms with van der Waals surface area (Å²) in [5, 5.41) is 9.20. The summed E-state index contributed by atoms with van der Waals surface area (Å²) in [5.41, 5.74) is 0.269. The molecule has 1 saturated heterocycles. The molecule has 1 unspecified atom stereocenters. The van der Waals surface area contributed by atoms with Crippen molar-refractivity contribution in [2.24, 2.45) is 0 Å². The first-order valence-corrected chi connectivity index (χ1v) is 6.42. The number of ether oxygens (including phenoxy) is 3. The minimum absolute atomic E-state index is 0.0205. The number of carboxylic acids is 1. The fraction of sp³-hybridized carbons (Fsp3) is 0.429. The molecule has 0 spiro atoms. The van der Waals surface area contributed by atoms with E-state index >= 15 is 0 Å². The summed E-state index contributed by atoms with van der Waals surface area (Å²) in [5.74, 6) is -0.637. The lowest BCUT2D eigenvalue weighted by Gasteiger charge is -2.33. The molecule has 1 aromatic rings. The Bertz CT molecular complexity index is 544. The Morgan fingerprint density at radius 1 is 1.33 bits per heavy atom. The third-order valence-corrected chi connectivity index (χ3v) is 3.31. The van der Waals surface area contributed by atoms with Crippen molar-refractivity contribution in [2.45, 2.75) is 6.04 Å². The third-order valence-electron chi connectivity index (χ3n) is 3.31. The van der Waals surface area contributed by atoms with Gasteiger partial charge in [0.15, 0.2) is 6.04 Å². The van der Waals surface area contributed by atoms with Gasteiger partial charge in [0.05, 0.1) is 33.0 Å². The van der Waals surface area contributed by atoms with Crippen LogP contribution in [0.4, 0.5) is 0 Å². The van der Waals surface area contributed by atoms with Crippen LogP contribution in [0.3, 0.4) is 0 Å². The molecule has 1 aromatic carbocycles. The van der Waals surface area contributed by atoms with Crippen molar-refractivity contribution >= 4 is 11.9 Å². The molecule has 114 valence electrons. The van der Waals surface area contributed by atoms with Crippen molar-refractivity contribution in [1.82, 2.24) is 4.90 Å². The van der Waals surface area contributed by atoms with Crippen LogP contribution in [0.5, 0.6) is 11.5 Å². The molecule has 1 atom stereocenters. The maximum Gasteiger partial charge on any atom is 0.328 e. The van der Waals surface area contributed by atoms with Crippen molar-refractivity contribution in [3.05, 3.63) is 23.8 Å². The molecule has 1 aliphatic rings. The van der Waals surface area contributed by atoms with Crippen molar-refractivity contribution in [3.63, 3.8) is 0 Å². The van der Waals surface area contributed by atoms with Crippen LogP contribution in [0.15, 0.2) is 18.2 Å². The molecule has 0 saturated carbocycles. The van der Waals surface area contributed by atoms with Crippen LogP contribution in [0.1, 0.15) is 10.4 Å². The first-order valence-electron chi connectivity index (χ1n) is 6.42. The van der Waals surface area contributed by atoms with E-state index in [1.807, 2.05) is 0 Å². The smallest absolute Gasteiger partial charge is 0.328 e. The average Bonchev–Trinajstić information content (AvgIpc) is 2.53. The molecule has 0 bridgehead atoms. The minimum atomic E-state index is -1.09. The van der Waals surface area contributed by atoms with Gasteiger partial charge in [0, 0.05) is 6.54 Å². The number of carboxylic acid groups (broad SMARTS) is 1. The number of aliphatic carboxylic acids is 1. The van der Waals surface area contributed by atoms with Gasteiger partial charge in [-0.1, -0.05) is 0 Å². The highest BCUT2D eigenvalue weighted by Gasteiger charge is 2.34. The van der Waals surface area contributed by atoms with Crippen LogP contribution in [0.2, 0.25) is 0 Å². The molecule has 1 N–H and O–H groups in total. The van der Waals surface area contributed by atoms with Gasteiger partial charge in [-0.2, -0.15) is 0 Å². The Balaban J connectivity index is 2.35. The van der Waals surface area contributed by atoms with E-state index in [0.717, 1.165) is 0 Å². The predicted octanol–water partition coefficient (Wildman–Crippen LogP) is 0.629. The van der Waals surface area contributed by atoms with Gasteiger partial charge in [0.2, 0.25) is 0 Å². The molecule has 1 amide bonds. The van der Waals surface area contributed by atoms with E-state index in [-0.39, 0.29) is 18.7 Å². The summed E-state index contributed by atoms with van der Waals surface area (Å²) in [4.78, 5) is 25.2. The van der Waals surface area contributed by atoms with Crippen LogP contribution < -0.4 is 9.47 Å². The van der Waals surface area contributed by atoms with Gasteiger partial charge in [-0.3, -0.25) is 4.79 Å². The standard InChI is InChI=1S/C14H17NO6/c1-19-9-3-4-12(20-2)10(7-9)13(16)15-5-6-21-8-11(15)14(17)18/h3-4,7,11H,5-6,8H2,1-2H3,(H,17,18). The number of methoxy groups -OCH3 is 2. The maximum atomic E-state index is 12.6. The lowest BCUT2D eigenvalue weighted by Crippen LogP contribution is -2.52. The lowest BCUT2D eigenvalue weighted by atomic mass is 10.1. The van der Waals surface area contributed by atoms with E-state index < -0.39 is 17.9 Å². The number of rotatable bonds is 4. The number of hydrogen-bond donors (Lipinski definition) is 1. The number of morpholine rings is 1. The summed E-state index contributed by atoms with van der Waals surface area (Å²) in [6.45, 7) is 0.505. The summed E-state index contributed by atoms with van der Waals surface area (Å²) < 4.78 is 15.4. The van der Waals surface area contributed by atoms with Gasteiger partial charge in [0.25, 0.3) is 5.91 Å². The number of hydrogen-bond acceptors (Lipinski definition) is 5. The van der Waals surface area contributed by atoms with Crippen LogP contribution >= 0.6 is 0 Å². The first-order chi connectivity index (χ1) is 10.1. The second kappa shape index (κ2) is 6.45. The summed E-state index contributed by atoms with van der Waals surface area (Å²) >= 11 is 0. The van der Waals surface area contributed by atoms with E-state index in [1.54, 1.807) is 12.1 Å². The third kappa shape index (κ3) is 3.08. The van der Waals surface area contributed by atoms with Crippen molar-refractivity contribution < 1.29 is 28.9 Å². The SMILES string of the molecule is COc1ccc(OC)c(C(=O)N2CCOCC2C(=O)O)c1. The fourth-order valence-corrected chi connectivity index (χ4v) is 2.19. The summed E-state index contributed by atoms with van der Waals surface area (Å²) in [6, 6.07) is 3.82. The second-order valence-electron chi connectivity index (χ2n) is 4.49. The van der Waals surface area contributed by atoms with Crippen molar-refractivity contribution in [1.29, 1.82) is 0 Å². The Morgan fingerprint density at radius 2 is 2.10 bits per heavy atom. The molecule has 2 rings (SSSR count). The van der Waals surface area contributed by atoms with Crippen LogP contribution in [0.25, 0.3) is 0 Å². The van der Waals surface area contributed by atoms with Gasteiger partial charge in [-0.05, 0) is 18.2 Å². The molecule has 0 aliphatic carbocycles. The predicted molar refractivity (Wildman–Crippen MR) is 72.8 cm³/mol. The number of carbonyl (C=O) groups excluding carboxylic acids is 1. The normalized spacial score (nSPS) is 18.2. The van der Waals surface area contributed by atoms with Gasteiger partial charge in [-0.15, -0.1) is 0 Å². The van der Waals surface area contributed by atoms with Gasteiger partial charge < -0.3 is 24.2 Å². The first kappa shape index (κ1) is 15.1. The topological polar surface area (TPSA) is 85.3 Å². The Labute approximate surface area is 122 Å².